The van der Waals surface area contributed by atoms with Crippen LogP contribution in [0.4, 0.5) is 5.69 Å². The highest BCUT2D eigenvalue weighted by Gasteiger charge is 2.72. The maximum absolute atomic E-state index is 12.5. The molecule has 2 amide bonds. The van der Waals surface area contributed by atoms with Gasteiger partial charge in [0.1, 0.15) is 0 Å². The molecule has 104 valence electrons. The van der Waals surface area contributed by atoms with Crippen LogP contribution >= 0.6 is 0 Å². The number of anilines is 1. The lowest BCUT2D eigenvalue weighted by molar-refractivity contribution is -0.132. The van der Waals surface area contributed by atoms with Gasteiger partial charge in [0.25, 0.3) is 11.8 Å². The molecule has 2 saturated heterocycles. The molecule has 0 aromatic heterocycles. The van der Waals surface area contributed by atoms with Crippen LogP contribution < -0.4 is 4.90 Å². The molecule has 0 unspecified atom stereocenters. The zero-order valence-electron chi connectivity index (χ0n) is 11.3. The first-order chi connectivity index (χ1) is 9.66. The van der Waals surface area contributed by atoms with E-state index in [0.29, 0.717) is 0 Å². The molecule has 5 heteroatoms. The second kappa shape index (κ2) is 3.82. The predicted molar refractivity (Wildman–Crippen MR) is 72.2 cm³/mol. The molecule has 3 aliphatic heterocycles. The van der Waals surface area contributed by atoms with Crippen molar-refractivity contribution in [1.29, 1.82) is 0 Å². The van der Waals surface area contributed by atoms with Crippen LogP contribution in [0.15, 0.2) is 24.3 Å². The first-order valence-electron chi connectivity index (χ1n) is 7.00. The molecule has 2 atom stereocenters. The van der Waals surface area contributed by atoms with Crippen LogP contribution in [-0.4, -0.2) is 43.0 Å². The summed E-state index contributed by atoms with van der Waals surface area (Å²) >= 11 is 0. The molecule has 0 bridgehead atoms. The van der Waals surface area contributed by atoms with Gasteiger partial charge >= 0.3 is 0 Å². The SMILES string of the molecule is CN1C(=O)[C@]2(O[C@@H]2C(=O)N2CCCC2)c2ccccc21. The number of likely N-dealkylation sites (N-methyl/N-ethyl adjacent to an activating group) is 1. The number of carbonyl (C=O) groups excluding carboxylic acids is 2. The molecule has 1 aromatic rings. The molecular weight excluding hydrogens is 256 g/mol. The Bertz CT molecular complexity index is 609. The van der Waals surface area contributed by atoms with Crippen molar-refractivity contribution >= 4 is 17.5 Å². The highest BCUT2D eigenvalue weighted by atomic mass is 16.6. The van der Waals surface area contributed by atoms with Crippen LogP contribution in [-0.2, 0) is 19.9 Å². The minimum absolute atomic E-state index is 0.0408. The van der Waals surface area contributed by atoms with E-state index in [-0.39, 0.29) is 11.8 Å². The zero-order valence-corrected chi connectivity index (χ0v) is 11.3. The fraction of sp³-hybridized carbons (Fsp3) is 0.467. The molecule has 5 nitrogen and oxygen atoms in total. The van der Waals surface area contributed by atoms with Crippen molar-refractivity contribution in [2.24, 2.45) is 0 Å². The fourth-order valence-corrected chi connectivity index (χ4v) is 3.40. The van der Waals surface area contributed by atoms with Crippen molar-refractivity contribution in [1.82, 2.24) is 4.90 Å². The Kier molecular flexibility index (Phi) is 2.27. The van der Waals surface area contributed by atoms with Gasteiger partial charge in [-0.2, -0.15) is 0 Å². The lowest BCUT2D eigenvalue weighted by Crippen LogP contribution is -2.38. The summed E-state index contributed by atoms with van der Waals surface area (Å²) in [7, 11) is 1.73. The van der Waals surface area contributed by atoms with Crippen molar-refractivity contribution in [3.05, 3.63) is 29.8 Å². The maximum atomic E-state index is 12.5. The number of nitrogens with zero attached hydrogens (tertiary/aromatic N) is 2. The van der Waals surface area contributed by atoms with Gasteiger partial charge in [0.2, 0.25) is 5.60 Å². The molecule has 1 spiro atoms. The quantitative estimate of drug-likeness (QED) is 0.713. The first-order valence-corrected chi connectivity index (χ1v) is 7.00. The number of benzene rings is 1. The van der Waals surface area contributed by atoms with Crippen molar-refractivity contribution < 1.29 is 14.3 Å². The number of fused-ring (bicyclic) bond motifs is 2. The zero-order chi connectivity index (χ0) is 13.9. The highest BCUT2D eigenvalue weighted by Crippen LogP contribution is 2.55. The van der Waals surface area contributed by atoms with Crippen molar-refractivity contribution in [3.63, 3.8) is 0 Å². The molecule has 3 heterocycles. The van der Waals surface area contributed by atoms with Crippen LogP contribution in [0.2, 0.25) is 0 Å². The van der Waals surface area contributed by atoms with Gasteiger partial charge in [-0.25, -0.2) is 0 Å². The Balaban J connectivity index is 1.70. The third kappa shape index (κ3) is 1.31. The summed E-state index contributed by atoms with van der Waals surface area (Å²) in [6, 6.07) is 7.54. The summed E-state index contributed by atoms with van der Waals surface area (Å²) in [4.78, 5) is 28.4. The predicted octanol–water partition coefficient (Wildman–Crippen LogP) is 0.879. The summed E-state index contributed by atoms with van der Waals surface area (Å²) in [5.74, 6) is -0.169. The van der Waals surface area contributed by atoms with E-state index in [4.69, 9.17) is 4.74 Å². The minimum Gasteiger partial charge on any atom is -0.340 e. The lowest BCUT2D eigenvalue weighted by Gasteiger charge is -2.14. The van der Waals surface area contributed by atoms with Gasteiger partial charge in [-0.3, -0.25) is 9.59 Å². The number of ether oxygens (including phenoxy) is 1. The average Bonchev–Trinajstić information content (AvgIpc) is 2.90. The van der Waals surface area contributed by atoms with E-state index in [1.165, 1.54) is 0 Å². The van der Waals surface area contributed by atoms with E-state index < -0.39 is 11.7 Å². The fourth-order valence-electron chi connectivity index (χ4n) is 3.40. The largest absolute Gasteiger partial charge is 0.340 e. The molecular formula is C15H16N2O3. The van der Waals surface area contributed by atoms with Crippen LogP contribution in [0.3, 0.4) is 0 Å². The van der Waals surface area contributed by atoms with Gasteiger partial charge < -0.3 is 14.5 Å². The number of hydrogen-bond donors (Lipinski definition) is 0. The monoisotopic (exact) mass is 272 g/mol. The van der Waals surface area contributed by atoms with Crippen LogP contribution in [0.5, 0.6) is 0 Å². The van der Waals surface area contributed by atoms with E-state index in [9.17, 15) is 9.59 Å². The molecule has 3 aliphatic rings. The standard InChI is InChI=1S/C15H16N2O3/c1-16-11-7-3-2-6-10(11)15(14(16)19)12(20-15)13(18)17-8-4-5-9-17/h2-3,6-7,12H,4-5,8-9H2,1H3/t12-,15+/m1/s1. The van der Waals surface area contributed by atoms with Crippen LogP contribution in [0.1, 0.15) is 18.4 Å². The number of carbonyl (C=O) groups is 2. The van der Waals surface area contributed by atoms with E-state index in [1.54, 1.807) is 11.9 Å². The van der Waals surface area contributed by atoms with Gasteiger partial charge in [-0.1, -0.05) is 18.2 Å². The first kappa shape index (κ1) is 11.9. The Hall–Kier alpha value is -1.88. The smallest absolute Gasteiger partial charge is 0.267 e. The third-order valence-corrected chi connectivity index (χ3v) is 4.55. The summed E-state index contributed by atoms with van der Waals surface area (Å²) < 4.78 is 5.67. The normalized spacial score (nSPS) is 31.1. The second-order valence-corrected chi connectivity index (χ2v) is 5.65. The molecule has 0 aliphatic carbocycles. The molecule has 4 rings (SSSR count). The highest BCUT2D eigenvalue weighted by molar-refractivity contribution is 6.12. The molecule has 1 aromatic carbocycles. The number of amides is 2. The number of hydrogen-bond acceptors (Lipinski definition) is 3. The van der Waals surface area contributed by atoms with Gasteiger partial charge in [0.15, 0.2) is 6.10 Å². The Morgan fingerprint density at radius 3 is 2.75 bits per heavy atom. The Morgan fingerprint density at radius 2 is 2.00 bits per heavy atom. The van der Waals surface area contributed by atoms with E-state index in [2.05, 4.69) is 0 Å². The van der Waals surface area contributed by atoms with Gasteiger partial charge in [0, 0.05) is 25.7 Å². The van der Waals surface area contributed by atoms with Gasteiger partial charge in [-0.05, 0) is 18.9 Å². The average molecular weight is 272 g/mol. The Labute approximate surface area is 117 Å². The van der Waals surface area contributed by atoms with Crippen molar-refractivity contribution in [2.75, 3.05) is 25.0 Å². The van der Waals surface area contributed by atoms with Crippen LogP contribution in [0, 0.1) is 0 Å². The molecule has 2 fully saturated rings. The molecule has 20 heavy (non-hydrogen) atoms. The van der Waals surface area contributed by atoms with Gasteiger partial charge in [0.05, 0.1) is 5.69 Å². The van der Waals surface area contributed by atoms with Crippen molar-refractivity contribution in [3.8, 4) is 0 Å². The number of epoxide rings is 1. The third-order valence-electron chi connectivity index (χ3n) is 4.55. The molecule has 0 saturated carbocycles. The maximum Gasteiger partial charge on any atom is 0.267 e. The summed E-state index contributed by atoms with van der Waals surface area (Å²) in [5.41, 5.74) is 0.615. The Morgan fingerprint density at radius 1 is 1.30 bits per heavy atom. The number of rotatable bonds is 1. The minimum atomic E-state index is -1.05. The van der Waals surface area contributed by atoms with Crippen molar-refractivity contribution in [2.45, 2.75) is 24.5 Å². The summed E-state index contributed by atoms with van der Waals surface area (Å²) in [6.07, 6.45) is 1.44. The summed E-state index contributed by atoms with van der Waals surface area (Å²) in [5, 5.41) is 0. The molecule has 0 N–H and O–H groups in total. The topological polar surface area (TPSA) is 53.2 Å². The number of para-hydroxylation sites is 1. The second-order valence-electron chi connectivity index (χ2n) is 5.65. The van der Waals surface area contributed by atoms with Gasteiger partial charge in [-0.15, -0.1) is 0 Å². The lowest BCUT2D eigenvalue weighted by atomic mass is 9.96. The number of likely N-dealkylation sites (tertiary alicyclic amines) is 1. The van der Waals surface area contributed by atoms with E-state index in [1.807, 2.05) is 29.2 Å². The molecule has 0 radical (unpaired) electrons. The summed E-state index contributed by atoms with van der Waals surface area (Å²) in [6.45, 7) is 1.56. The van der Waals surface area contributed by atoms with Crippen LogP contribution in [0.25, 0.3) is 0 Å². The van der Waals surface area contributed by atoms with E-state index >= 15 is 0 Å². The van der Waals surface area contributed by atoms with E-state index in [0.717, 1.165) is 37.2 Å².